The van der Waals surface area contributed by atoms with Crippen LogP contribution in [0.3, 0.4) is 0 Å². The maximum atomic E-state index is 8.97. The van der Waals surface area contributed by atoms with Crippen LogP contribution in [0.1, 0.15) is 11.4 Å². The topological polar surface area (TPSA) is 38.1 Å². The molecule has 0 aliphatic carbocycles. The van der Waals surface area contributed by atoms with E-state index >= 15 is 0 Å². The lowest BCUT2D eigenvalue weighted by atomic mass is 10.3. The molecule has 2 rings (SSSR count). The lowest BCUT2D eigenvalue weighted by Crippen LogP contribution is -1.99. The quantitative estimate of drug-likeness (QED) is 0.847. The Morgan fingerprint density at radius 3 is 2.80 bits per heavy atom. The molecule has 4 heteroatoms. The van der Waals surface area contributed by atoms with Crippen LogP contribution in [-0.4, -0.2) is 14.9 Å². The minimum atomic E-state index is -0.0472. The molecule has 0 fully saturated rings. The summed E-state index contributed by atoms with van der Waals surface area (Å²) in [6.45, 7) is 1.89. The first-order valence-corrected chi connectivity index (χ1v) is 5.01. The molecule has 78 valence electrons. The highest BCUT2D eigenvalue weighted by Crippen LogP contribution is 2.16. The molecule has 0 radical (unpaired) electrons. The third-order valence-corrected chi connectivity index (χ3v) is 2.39. The van der Waals surface area contributed by atoms with Gasteiger partial charge in [-0.1, -0.05) is 17.7 Å². The van der Waals surface area contributed by atoms with Crippen molar-refractivity contribution in [1.29, 1.82) is 0 Å². The van der Waals surface area contributed by atoms with Crippen molar-refractivity contribution in [2.75, 3.05) is 0 Å². The molecular formula is C11H11ClN2O. The van der Waals surface area contributed by atoms with Crippen molar-refractivity contribution in [1.82, 2.24) is 9.78 Å². The fraction of sp³-hybridized carbons (Fsp3) is 0.182. The van der Waals surface area contributed by atoms with Crippen LogP contribution in [-0.2, 0) is 6.61 Å². The van der Waals surface area contributed by atoms with Crippen molar-refractivity contribution in [3.8, 4) is 5.69 Å². The lowest BCUT2D eigenvalue weighted by molar-refractivity contribution is 0.276. The minimum absolute atomic E-state index is 0.0472. The molecule has 0 unspecified atom stereocenters. The van der Waals surface area contributed by atoms with Gasteiger partial charge in [-0.05, 0) is 31.2 Å². The van der Waals surface area contributed by atoms with Gasteiger partial charge < -0.3 is 5.11 Å². The Balaban J connectivity index is 2.48. The van der Waals surface area contributed by atoms with Crippen LogP contribution in [0.25, 0.3) is 5.69 Å². The van der Waals surface area contributed by atoms with Gasteiger partial charge in [-0.3, -0.25) is 0 Å². The van der Waals surface area contributed by atoms with Crippen LogP contribution in [0, 0.1) is 6.92 Å². The Hall–Kier alpha value is -1.32. The van der Waals surface area contributed by atoms with Crippen LogP contribution < -0.4 is 0 Å². The molecule has 0 aliphatic rings. The molecule has 0 saturated carbocycles. The minimum Gasteiger partial charge on any atom is -0.390 e. The van der Waals surface area contributed by atoms with Gasteiger partial charge >= 0.3 is 0 Å². The van der Waals surface area contributed by atoms with E-state index in [9.17, 15) is 0 Å². The Bertz CT molecular complexity index is 479. The molecule has 1 N–H and O–H groups in total. The van der Waals surface area contributed by atoms with E-state index in [0.29, 0.717) is 10.7 Å². The van der Waals surface area contributed by atoms with E-state index in [1.165, 1.54) is 0 Å². The average molecular weight is 223 g/mol. The second kappa shape index (κ2) is 4.04. The first-order chi connectivity index (χ1) is 7.20. The highest BCUT2D eigenvalue weighted by Gasteiger charge is 2.05. The number of aliphatic hydroxyl groups is 1. The summed E-state index contributed by atoms with van der Waals surface area (Å²) < 4.78 is 1.76. The number of hydrogen-bond acceptors (Lipinski definition) is 2. The summed E-state index contributed by atoms with van der Waals surface area (Å²) in [7, 11) is 0. The van der Waals surface area contributed by atoms with E-state index in [4.69, 9.17) is 16.7 Å². The molecule has 0 amide bonds. The number of aliphatic hydroxyl groups excluding tert-OH is 1. The molecule has 0 bridgehead atoms. The summed E-state index contributed by atoms with van der Waals surface area (Å²) in [6, 6.07) is 9.30. The summed E-state index contributed by atoms with van der Waals surface area (Å²) in [6.07, 6.45) is 0. The van der Waals surface area contributed by atoms with E-state index in [2.05, 4.69) is 5.10 Å². The molecule has 2 aromatic rings. The number of aromatic nitrogens is 2. The van der Waals surface area contributed by atoms with Crippen LogP contribution >= 0.6 is 11.6 Å². The first-order valence-electron chi connectivity index (χ1n) is 4.63. The Labute approximate surface area is 92.9 Å². The maximum Gasteiger partial charge on any atom is 0.0886 e. The molecule has 0 saturated heterocycles. The van der Waals surface area contributed by atoms with Gasteiger partial charge in [-0.2, -0.15) is 5.10 Å². The van der Waals surface area contributed by atoms with E-state index in [0.717, 1.165) is 11.4 Å². The van der Waals surface area contributed by atoms with Crippen molar-refractivity contribution < 1.29 is 5.11 Å². The van der Waals surface area contributed by atoms with E-state index in [1.807, 2.05) is 37.3 Å². The van der Waals surface area contributed by atoms with Gasteiger partial charge in [-0.25, -0.2) is 4.68 Å². The standard InChI is InChI=1S/C11H11ClN2O/c1-8-5-10(7-15)13-14(8)11-4-2-3-9(12)6-11/h2-6,15H,7H2,1H3. The summed E-state index contributed by atoms with van der Waals surface area (Å²) in [5, 5.41) is 13.9. The lowest BCUT2D eigenvalue weighted by Gasteiger charge is -2.03. The van der Waals surface area contributed by atoms with Gasteiger partial charge in [0.15, 0.2) is 0 Å². The molecule has 1 heterocycles. The van der Waals surface area contributed by atoms with Crippen LogP contribution in [0.5, 0.6) is 0 Å². The average Bonchev–Trinajstić information content (AvgIpc) is 2.60. The first kappa shape index (κ1) is 10.2. The Kier molecular flexibility index (Phi) is 2.75. The highest BCUT2D eigenvalue weighted by atomic mass is 35.5. The van der Waals surface area contributed by atoms with Crippen molar-refractivity contribution in [2.24, 2.45) is 0 Å². The molecule has 15 heavy (non-hydrogen) atoms. The largest absolute Gasteiger partial charge is 0.390 e. The van der Waals surface area contributed by atoms with Gasteiger partial charge in [0.05, 0.1) is 18.0 Å². The monoisotopic (exact) mass is 222 g/mol. The number of aryl methyl sites for hydroxylation is 1. The van der Waals surface area contributed by atoms with E-state index < -0.39 is 0 Å². The van der Waals surface area contributed by atoms with Crippen molar-refractivity contribution in [3.05, 3.63) is 46.7 Å². The SMILES string of the molecule is Cc1cc(CO)nn1-c1cccc(Cl)c1. The molecule has 3 nitrogen and oxygen atoms in total. The van der Waals surface area contributed by atoms with Gasteiger partial charge in [0.2, 0.25) is 0 Å². The van der Waals surface area contributed by atoms with Crippen LogP contribution in [0.15, 0.2) is 30.3 Å². The van der Waals surface area contributed by atoms with E-state index in [-0.39, 0.29) is 6.61 Å². The van der Waals surface area contributed by atoms with Gasteiger partial charge in [0, 0.05) is 10.7 Å². The summed E-state index contributed by atoms with van der Waals surface area (Å²) in [5.74, 6) is 0. The predicted octanol–water partition coefficient (Wildman–Crippen LogP) is 2.33. The predicted molar refractivity (Wildman–Crippen MR) is 59.2 cm³/mol. The zero-order valence-corrected chi connectivity index (χ0v) is 9.07. The molecular weight excluding hydrogens is 212 g/mol. The zero-order valence-electron chi connectivity index (χ0n) is 8.31. The molecule has 0 atom stereocenters. The second-order valence-electron chi connectivity index (χ2n) is 3.33. The molecule has 0 spiro atoms. The molecule has 1 aromatic heterocycles. The third kappa shape index (κ3) is 2.03. The summed E-state index contributed by atoms with van der Waals surface area (Å²) in [5.41, 5.74) is 2.54. The number of nitrogens with zero attached hydrogens (tertiary/aromatic N) is 2. The molecule has 0 aliphatic heterocycles. The summed E-state index contributed by atoms with van der Waals surface area (Å²) in [4.78, 5) is 0. The van der Waals surface area contributed by atoms with Gasteiger partial charge in [-0.15, -0.1) is 0 Å². The Morgan fingerprint density at radius 2 is 2.20 bits per heavy atom. The fourth-order valence-electron chi connectivity index (χ4n) is 1.48. The number of hydrogen-bond donors (Lipinski definition) is 1. The van der Waals surface area contributed by atoms with Crippen LogP contribution in [0.2, 0.25) is 5.02 Å². The van der Waals surface area contributed by atoms with Gasteiger partial charge in [0.1, 0.15) is 0 Å². The number of halogens is 1. The normalized spacial score (nSPS) is 10.6. The summed E-state index contributed by atoms with van der Waals surface area (Å²) >= 11 is 5.90. The smallest absolute Gasteiger partial charge is 0.0886 e. The Morgan fingerprint density at radius 1 is 1.40 bits per heavy atom. The van der Waals surface area contributed by atoms with Gasteiger partial charge in [0.25, 0.3) is 0 Å². The second-order valence-corrected chi connectivity index (χ2v) is 3.76. The maximum absolute atomic E-state index is 8.97. The highest BCUT2D eigenvalue weighted by molar-refractivity contribution is 6.30. The van der Waals surface area contributed by atoms with Crippen LogP contribution in [0.4, 0.5) is 0 Å². The third-order valence-electron chi connectivity index (χ3n) is 2.15. The van der Waals surface area contributed by atoms with E-state index in [1.54, 1.807) is 4.68 Å². The number of benzene rings is 1. The number of rotatable bonds is 2. The van der Waals surface area contributed by atoms with Crippen molar-refractivity contribution in [2.45, 2.75) is 13.5 Å². The molecule has 1 aromatic carbocycles. The fourth-order valence-corrected chi connectivity index (χ4v) is 1.67. The van der Waals surface area contributed by atoms with Crippen molar-refractivity contribution >= 4 is 11.6 Å². The van der Waals surface area contributed by atoms with Crippen molar-refractivity contribution in [3.63, 3.8) is 0 Å². The zero-order chi connectivity index (χ0) is 10.8.